The highest BCUT2D eigenvalue weighted by Gasteiger charge is 2.37. The van der Waals surface area contributed by atoms with Gasteiger partial charge < -0.3 is 31.7 Å². The molecule has 5 atom stereocenters. The Bertz CT molecular complexity index is 245. The summed E-state index contributed by atoms with van der Waals surface area (Å²) in [6.45, 7) is 1.54. The third kappa shape index (κ3) is 4.92. The van der Waals surface area contributed by atoms with E-state index in [0.29, 0.717) is 0 Å². The van der Waals surface area contributed by atoms with Crippen LogP contribution in [0, 0.1) is 0 Å². The molecule has 1 fully saturated rings. The first-order chi connectivity index (χ1) is 6.93. The van der Waals surface area contributed by atoms with Gasteiger partial charge in [0, 0.05) is 0 Å². The van der Waals surface area contributed by atoms with Crippen LogP contribution in [0.25, 0.3) is 0 Å². The van der Waals surface area contributed by atoms with Crippen molar-refractivity contribution in [2.75, 3.05) is 6.61 Å². The number of halogens is 2. The minimum Gasteiger partial charge on any atom is -0.389 e. The van der Waals surface area contributed by atoms with E-state index in [1.165, 1.54) is 6.92 Å². The molecule has 7 nitrogen and oxygen atoms in total. The van der Waals surface area contributed by atoms with Gasteiger partial charge in [0.1, 0.15) is 0 Å². The van der Waals surface area contributed by atoms with E-state index in [2.05, 4.69) is 5.32 Å². The predicted molar refractivity (Wildman–Crippen MR) is 66.0 cm³/mol. The molecule has 0 saturated carbocycles. The van der Waals surface area contributed by atoms with Crippen LogP contribution >= 0.6 is 24.8 Å². The maximum Gasteiger partial charge on any atom is 0.237 e. The number of rotatable bonds is 2. The number of hydrogen-bond acceptors (Lipinski definition) is 6. The fraction of sp³-hybridized carbons (Fsp3) is 0.875. The minimum absolute atomic E-state index is 0. The Morgan fingerprint density at radius 1 is 1.47 bits per heavy atom. The molecular formula is C8H19Cl2N3O4. The van der Waals surface area contributed by atoms with Crippen molar-refractivity contribution in [2.24, 2.45) is 11.5 Å². The Morgan fingerprint density at radius 3 is 2.47 bits per heavy atom. The predicted octanol–water partition coefficient (Wildman–Crippen LogP) is -2.30. The number of nitrogens with one attached hydrogen (secondary N) is 1. The molecule has 104 valence electrons. The third-order valence-electron chi connectivity index (χ3n) is 2.32. The lowest BCUT2D eigenvalue weighted by Crippen LogP contribution is -2.63. The van der Waals surface area contributed by atoms with Gasteiger partial charge in [0.25, 0.3) is 0 Å². The van der Waals surface area contributed by atoms with Crippen LogP contribution in [0.2, 0.25) is 0 Å². The lowest BCUT2D eigenvalue weighted by Gasteiger charge is -2.36. The van der Waals surface area contributed by atoms with Gasteiger partial charge in [-0.1, -0.05) is 0 Å². The summed E-state index contributed by atoms with van der Waals surface area (Å²) in [7, 11) is 0. The van der Waals surface area contributed by atoms with E-state index in [9.17, 15) is 9.90 Å². The van der Waals surface area contributed by atoms with Gasteiger partial charge in [-0.05, 0) is 6.92 Å². The monoisotopic (exact) mass is 291 g/mol. The van der Waals surface area contributed by atoms with Gasteiger partial charge in [0.05, 0.1) is 30.8 Å². The topological polar surface area (TPSA) is 131 Å². The SMILES string of the molecule is C[C@@H](N)C(=O)N[C@H]1CO[C@@H](O)[C@H](N)[C@H]1O.Cl.Cl. The van der Waals surface area contributed by atoms with Gasteiger partial charge in [0.2, 0.25) is 5.91 Å². The van der Waals surface area contributed by atoms with Gasteiger partial charge in [-0.2, -0.15) is 0 Å². The van der Waals surface area contributed by atoms with E-state index in [4.69, 9.17) is 21.3 Å². The molecule has 17 heavy (non-hydrogen) atoms. The van der Waals surface area contributed by atoms with Crippen molar-refractivity contribution < 1.29 is 19.7 Å². The summed E-state index contributed by atoms with van der Waals surface area (Å²) in [6, 6.07) is -2.24. The molecule has 0 aromatic carbocycles. The Morgan fingerprint density at radius 2 is 2.00 bits per heavy atom. The largest absolute Gasteiger partial charge is 0.389 e. The highest BCUT2D eigenvalue weighted by Crippen LogP contribution is 2.11. The van der Waals surface area contributed by atoms with Crippen molar-refractivity contribution in [1.82, 2.24) is 5.32 Å². The Labute approximate surface area is 112 Å². The summed E-state index contributed by atoms with van der Waals surface area (Å²) >= 11 is 0. The molecule has 1 rings (SSSR count). The summed E-state index contributed by atoms with van der Waals surface area (Å²) in [5.41, 5.74) is 10.8. The van der Waals surface area contributed by atoms with Crippen molar-refractivity contribution >= 4 is 30.7 Å². The van der Waals surface area contributed by atoms with Crippen LogP contribution in [0.4, 0.5) is 0 Å². The lowest BCUT2D eigenvalue weighted by molar-refractivity contribution is -0.178. The highest BCUT2D eigenvalue weighted by molar-refractivity contribution is 5.85. The van der Waals surface area contributed by atoms with Crippen molar-refractivity contribution in [3.8, 4) is 0 Å². The molecule has 0 aromatic heterocycles. The van der Waals surface area contributed by atoms with E-state index >= 15 is 0 Å². The Hall–Kier alpha value is -0.150. The van der Waals surface area contributed by atoms with Crippen LogP contribution in [0.3, 0.4) is 0 Å². The fourth-order valence-corrected chi connectivity index (χ4v) is 1.29. The van der Waals surface area contributed by atoms with Gasteiger partial charge >= 0.3 is 0 Å². The molecule has 0 aromatic rings. The van der Waals surface area contributed by atoms with Gasteiger partial charge in [-0.25, -0.2) is 0 Å². The van der Waals surface area contributed by atoms with Crippen LogP contribution in [-0.2, 0) is 9.53 Å². The van der Waals surface area contributed by atoms with E-state index in [1.54, 1.807) is 0 Å². The van der Waals surface area contributed by atoms with E-state index in [-0.39, 0.29) is 31.4 Å². The number of ether oxygens (including phenoxy) is 1. The van der Waals surface area contributed by atoms with Crippen LogP contribution in [0.15, 0.2) is 0 Å². The van der Waals surface area contributed by atoms with Crippen LogP contribution < -0.4 is 16.8 Å². The number of carbonyl (C=O) groups excluding carboxylic acids is 1. The second kappa shape index (κ2) is 8.04. The van der Waals surface area contributed by atoms with Crippen LogP contribution in [0.5, 0.6) is 0 Å². The first-order valence-corrected chi connectivity index (χ1v) is 4.72. The zero-order chi connectivity index (χ0) is 11.6. The number of aliphatic hydroxyl groups is 2. The minimum atomic E-state index is -1.21. The molecular weight excluding hydrogens is 273 g/mol. The van der Waals surface area contributed by atoms with Crippen molar-refractivity contribution in [2.45, 2.75) is 37.4 Å². The summed E-state index contributed by atoms with van der Waals surface area (Å²) in [4.78, 5) is 11.2. The van der Waals surface area contributed by atoms with E-state index in [0.717, 1.165) is 0 Å². The normalized spacial score (nSPS) is 33.9. The van der Waals surface area contributed by atoms with Crippen molar-refractivity contribution in [1.29, 1.82) is 0 Å². The van der Waals surface area contributed by atoms with E-state index in [1.807, 2.05) is 0 Å². The summed E-state index contributed by atoms with van der Waals surface area (Å²) in [5.74, 6) is -0.397. The zero-order valence-electron chi connectivity index (χ0n) is 9.28. The molecule has 0 unspecified atom stereocenters. The smallest absolute Gasteiger partial charge is 0.237 e. The first-order valence-electron chi connectivity index (χ1n) is 4.72. The molecule has 0 aliphatic carbocycles. The second-order valence-corrected chi connectivity index (χ2v) is 3.70. The number of amides is 1. The summed E-state index contributed by atoms with van der Waals surface area (Å²) in [6.07, 6.45) is -2.25. The fourth-order valence-electron chi connectivity index (χ4n) is 1.29. The maximum atomic E-state index is 11.2. The van der Waals surface area contributed by atoms with Crippen LogP contribution in [0.1, 0.15) is 6.92 Å². The number of nitrogens with two attached hydrogens (primary N) is 2. The molecule has 0 spiro atoms. The molecule has 1 saturated heterocycles. The standard InChI is InChI=1S/C8H17N3O4.2ClH/c1-3(9)7(13)11-4-2-15-8(14)5(10)6(4)12;;/h3-6,8,12,14H,2,9-10H2,1H3,(H,11,13);2*1H/t3-,4+,5-,6+,8-;;/m1../s1. The molecule has 1 heterocycles. The molecule has 7 N–H and O–H groups in total. The van der Waals surface area contributed by atoms with Gasteiger partial charge in [-0.15, -0.1) is 24.8 Å². The number of hydrogen-bond donors (Lipinski definition) is 5. The molecule has 1 aliphatic heterocycles. The molecule has 0 radical (unpaired) electrons. The molecule has 1 amide bonds. The quantitative estimate of drug-likeness (QED) is 0.389. The number of carbonyl (C=O) groups is 1. The first kappa shape index (κ1) is 19.2. The average Bonchev–Trinajstić information content (AvgIpc) is 2.18. The third-order valence-corrected chi connectivity index (χ3v) is 2.32. The molecule has 0 bridgehead atoms. The van der Waals surface area contributed by atoms with Crippen LogP contribution in [-0.4, -0.2) is 53.2 Å². The molecule has 9 heteroatoms. The van der Waals surface area contributed by atoms with Gasteiger partial charge in [-0.3, -0.25) is 4.79 Å². The lowest BCUT2D eigenvalue weighted by atomic mass is 10.0. The second-order valence-electron chi connectivity index (χ2n) is 3.70. The average molecular weight is 292 g/mol. The Balaban J connectivity index is 0. The summed E-state index contributed by atoms with van der Waals surface area (Å²) < 4.78 is 4.87. The maximum absolute atomic E-state index is 11.2. The molecule has 1 aliphatic rings. The van der Waals surface area contributed by atoms with Gasteiger partial charge in [0.15, 0.2) is 6.29 Å². The van der Waals surface area contributed by atoms with E-state index < -0.39 is 36.4 Å². The number of aliphatic hydroxyl groups excluding tert-OH is 2. The van der Waals surface area contributed by atoms with Crippen molar-refractivity contribution in [3.63, 3.8) is 0 Å². The summed E-state index contributed by atoms with van der Waals surface area (Å²) in [5, 5.41) is 21.3. The van der Waals surface area contributed by atoms with Crippen molar-refractivity contribution in [3.05, 3.63) is 0 Å². The highest BCUT2D eigenvalue weighted by atomic mass is 35.5. The Kier molecular flexibility index (Phi) is 9.08. The zero-order valence-corrected chi connectivity index (χ0v) is 10.9.